The van der Waals surface area contributed by atoms with E-state index in [0.29, 0.717) is 12.2 Å². The molecule has 0 fully saturated rings. The van der Waals surface area contributed by atoms with Crippen molar-refractivity contribution in [2.75, 3.05) is 20.0 Å². The highest BCUT2D eigenvalue weighted by atomic mass is 32.2. The summed E-state index contributed by atoms with van der Waals surface area (Å²) in [7, 11) is -0.128. The zero-order valence-corrected chi connectivity index (χ0v) is 15.3. The van der Waals surface area contributed by atoms with Crippen LogP contribution in [0.1, 0.15) is 0 Å². The SMILES string of the molecule is COc1ccc(-c2nc3n(c2-c2ccc(OC)cc2)CCS3(=O)=O)cc1. The number of fused-ring (bicyclic) bond motifs is 1. The molecular formula is C19H18N2O4S. The number of sulfone groups is 1. The standard InChI is InChI=1S/C19H18N2O4S/c1-24-15-7-3-13(4-8-15)17-18(14-5-9-16(25-2)10-6-14)21-11-12-26(22,23)19(21)20-17/h3-10H,11-12H2,1-2H3. The summed E-state index contributed by atoms with van der Waals surface area (Å²) in [5.74, 6) is 1.56. The minimum atomic E-state index is -3.35. The molecule has 134 valence electrons. The number of hydrogen-bond acceptors (Lipinski definition) is 5. The van der Waals surface area contributed by atoms with Crippen LogP contribution < -0.4 is 9.47 Å². The second-order valence-corrected chi connectivity index (χ2v) is 8.02. The predicted octanol–water partition coefficient (Wildman–Crippen LogP) is 3.02. The molecule has 6 nitrogen and oxygen atoms in total. The lowest BCUT2D eigenvalue weighted by molar-refractivity contribution is 0.414. The molecule has 26 heavy (non-hydrogen) atoms. The summed E-state index contributed by atoms with van der Waals surface area (Å²) >= 11 is 0. The zero-order valence-electron chi connectivity index (χ0n) is 14.5. The van der Waals surface area contributed by atoms with Crippen LogP contribution in [0.4, 0.5) is 0 Å². The normalized spacial score (nSPS) is 14.8. The maximum absolute atomic E-state index is 12.4. The van der Waals surface area contributed by atoms with Crippen LogP contribution >= 0.6 is 0 Å². The Morgan fingerprint density at radius 2 is 1.42 bits per heavy atom. The first-order valence-corrected chi connectivity index (χ1v) is 9.81. The molecule has 0 atom stereocenters. The van der Waals surface area contributed by atoms with E-state index < -0.39 is 9.84 Å². The van der Waals surface area contributed by atoms with Crippen molar-refractivity contribution in [3.8, 4) is 34.0 Å². The van der Waals surface area contributed by atoms with Gasteiger partial charge in [0.25, 0.3) is 0 Å². The van der Waals surface area contributed by atoms with Crippen molar-refractivity contribution in [1.82, 2.24) is 9.55 Å². The molecule has 7 heteroatoms. The maximum atomic E-state index is 12.4. The predicted molar refractivity (Wildman–Crippen MR) is 98.3 cm³/mol. The van der Waals surface area contributed by atoms with Gasteiger partial charge in [0, 0.05) is 17.7 Å². The van der Waals surface area contributed by atoms with Crippen molar-refractivity contribution in [3.63, 3.8) is 0 Å². The number of benzene rings is 2. The number of nitrogens with zero attached hydrogens (tertiary/aromatic N) is 2. The highest BCUT2D eigenvalue weighted by Crippen LogP contribution is 2.37. The Hall–Kier alpha value is -2.80. The van der Waals surface area contributed by atoms with Gasteiger partial charge in [0.05, 0.1) is 31.4 Å². The molecule has 0 unspecified atom stereocenters. The first-order valence-electron chi connectivity index (χ1n) is 8.15. The fraction of sp³-hybridized carbons (Fsp3) is 0.211. The van der Waals surface area contributed by atoms with Crippen molar-refractivity contribution in [3.05, 3.63) is 48.5 Å². The van der Waals surface area contributed by atoms with E-state index in [2.05, 4.69) is 4.98 Å². The van der Waals surface area contributed by atoms with Crippen LogP contribution in [0.15, 0.2) is 53.7 Å². The molecular weight excluding hydrogens is 352 g/mol. The van der Waals surface area contributed by atoms with Crippen molar-refractivity contribution < 1.29 is 17.9 Å². The lowest BCUT2D eigenvalue weighted by atomic mass is 10.0. The maximum Gasteiger partial charge on any atom is 0.228 e. The van der Waals surface area contributed by atoms with Crippen molar-refractivity contribution in [2.45, 2.75) is 11.7 Å². The Morgan fingerprint density at radius 3 is 1.96 bits per heavy atom. The van der Waals surface area contributed by atoms with E-state index in [1.807, 2.05) is 48.5 Å². The van der Waals surface area contributed by atoms with Gasteiger partial charge in [-0.05, 0) is 48.5 Å². The van der Waals surface area contributed by atoms with Gasteiger partial charge in [-0.1, -0.05) is 0 Å². The van der Waals surface area contributed by atoms with E-state index in [-0.39, 0.29) is 10.9 Å². The molecule has 2 heterocycles. The van der Waals surface area contributed by atoms with Gasteiger partial charge < -0.3 is 14.0 Å². The van der Waals surface area contributed by atoms with Crippen LogP contribution in [0.2, 0.25) is 0 Å². The fourth-order valence-corrected chi connectivity index (χ4v) is 4.53. The quantitative estimate of drug-likeness (QED) is 0.706. The molecule has 0 spiro atoms. The third-order valence-electron chi connectivity index (χ3n) is 4.52. The van der Waals surface area contributed by atoms with E-state index >= 15 is 0 Å². The van der Waals surface area contributed by atoms with Crippen LogP contribution in [0.25, 0.3) is 22.5 Å². The monoisotopic (exact) mass is 370 g/mol. The van der Waals surface area contributed by atoms with Crippen LogP contribution in [0, 0.1) is 0 Å². The van der Waals surface area contributed by atoms with Gasteiger partial charge in [0.1, 0.15) is 11.5 Å². The van der Waals surface area contributed by atoms with Crippen molar-refractivity contribution >= 4 is 9.84 Å². The van der Waals surface area contributed by atoms with E-state index in [1.54, 1.807) is 18.8 Å². The molecule has 1 aliphatic heterocycles. The summed E-state index contributed by atoms with van der Waals surface area (Å²) in [6.07, 6.45) is 0. The molecule has 1 aliphatic rings. The van der Waals surface area contributed by atoms with E-state index in [1.165, 1.54) is 0 Å². The first kappa shape index (κ1) is 16.7. The minimum Gasteiger partial charge on any atom is -0.497 e. The van der Waals surface area contributed by atoms with E-state index in [0.717, 1.165) is 28.3 Å². The second-order valence-electron chi connectivity index (χ2n) is 6.02. The number of ether oxygens (including phenoxy) is 2. The molecule has 1 aromatic heterocycles. The Labute approximate surface area is 151 Å². The molecule has 0 amide bonds. The van der Waals surface area contributed by atoms with E-state index in [4.69, 9.17) is 9.47 Å². The molecule has 0 saturated carbocycles. The minimum absolute atomic E-state index is 0.0847. The van der Waals surface area contributed by atoms with Gasteiger partial charge in [0.15, 0.2) is 0 Å². The molecule has 2 aromatic carbocycles. The summed E-state index contributed by atoms with van der Waals surface area (Å²) in [5, 5.41) is 0.133. The summed E-state index contributed by atoms with van der Waals surface area (Å²) in [6.45, 7) is 0.405. The Morgan fingerprint density at radius 1 is 0.885 bits per heavy atom. The number of aromatic nitrogens is 2. The highest BCUT2D eigenvalue weighted by Gasteiger charge is 2.33. The van der Waals surface area contributed by atoms with Gasteiger partial charge >= 0.3 is 0 Å². The van der Waals surface area contributed by atoms with Gasteiger partial charge in [-0.25, -0.2) is 13.4 Å². The van der Waals surface area contributed by atoms with E-state index in [9.17, 15) is 8.42 Å². The molecule has 3 aromatic rings. The number of hydrogen-bond donors (Lipinski definition) is 0. The topological polar surface area (TPSA) is 70.4 Å². The molecule has 0 aliphatic carbocycles. The molecule has 0 saturated heterocycles. The zero-order chi connectivity index (χ0) is 18.3. The molecule has 4 rings (SSSR count). The first-order chi connectivity index (χ1) is 12.5. The van der Waals surface area contributed by atoms with Crippen LogP contribution in [-0.4, -0.2) is 37.9 Å². The van der Waals surface area contributed by atoms with Crippen molar-refractivity contribution in [1.29, 1.82) is 0 Å². The third kappa shape index (κ3) is 2.64. The van der Waals surface area contributed by atoms with Crippen LogP contribution in [0.3, 0.4) is 0 Å². The Kier molecular flexibility index (Phi) is 3.96. The molecule has 0 bridgehead atoms. The lowest BCUT2D eigenvalue weighted by Gasteiger charge is -2.09. The average Bonchev–Trinajstić information content (AvgIpc) is 3.19. The van der Waals surface area contributed by atoms with Crippen molar-refractivity contribution in [2.24, 2.45) is 0 Å². The van der Waals surface area contributed by atoms with Crippen LogP contribution in [-0.2, 0) is 16.4 Å². The fourth-order valence-electron chi connectivity index (χ4n) is 3.17. The number of imidazole rings is 1. The second kappa shape index (κ2) is 6.17. The van der Waals surface area contributed by atoms with Gasteiger partial charge in [-0.2, -0.15) is 0 Å². The molecule has 0 radical (unpaired) electrons. The summed E-state index contributed by atoms with van der Waals surface area (Å²) in [6, 6.07) is 15.0. The summed E-state index contributed by atoms with van der Waals surface area (Å²) in [4.78, 5) is 4.49. The smallest absolute Gasteiger partial charge is 0.228 e. The van der Waals surface area contributed by atoms with Gasteiger partial charge in [-0.3, -0.25) is 0 Å². The lowest BCUT2D eigenvalue weighted by Crippen LogP contribution is -2.00. The highest BCUT2D eigenvalue weighted by molar-refractivity contribution is 7.91. The Bertz CT molecular complexity index is 1050. The average molecular weight is 370 g/mol. The number of rotatable bonds is 4. The Balaban J connectivity index is 1.92. The summed E-state index contributed by atoms with van der Waals surface area (Å²) < 4.78 is 36.9. The van der Waals surface area contributed by atoms with Crippen LogP contribution in [0.5, 0.6) is 11.5 Å². The van der Waals surface area contributed by atoms with Gasteiger partial charge in [0.2, 0.25) is 15.0 Å². The third-order valence-corrected chi connectivity index (χ3v) is 6.11. The summed E-state index contributed by atoms with van der Waals surface area (Å²) in [5.41, 5.74) is 3.19. The largest absolute Gasteiger partial charge is 0.497 e. The number of methoxy groups -OCH3 is 2. The van der Waals surface area contributed by atoms with Gasteiger partial charge in [-0.15, -0.1) is 0 Å². The molecule has 0 N–H and O–H groups in total.